The SMILES string of the molecule is CN(C)C=O.Cn1c(-c2ccccn2)n[nH]c1=S. The van der Waals surface area contributed by atoms with E-state index in [9.17, 15) is 4.79 Å². The summed E-state index contributed by atoms with van der Waals surface area (Å²) in [6, 6.07) is 5.68. The number of nitrogens with one attached hydrogen (secondary N) is 1. The van der Waals surface area contributed by atoms with E-state index < -0.39 is 0 Å². The van der Waals surface area contributed by atoms with Gasteiger partial charge in [0.1, 0.15) is 5.69 Å². The molecule has 2 rings (SSSR count). The molecular weight excluding hydrogens is 250 g/mol. The van der Waals surface area contributed by atoms with Crippen LogP contribution in [-0.2, 0) is 11.8 Å². The van der Waals surface area contributed by atoms with Crippen molar-refractivity contribution >= 4 is 18.6 Å². The zero-order valence-electron chi connectivity index (χ0n) is 10.5. The Kier molecular flexibility index (Phi) is 5.19. The summed E-state index contributed by atoms with van der Waals surface area (Å²) in [6.45, 7) is 0. The Labute approximate surface area is 110 Å². The first-order valence-electron chi connectivity index (χ1n) is 5.20. The van der Waals surface area contributed by atoms with Crippen LogP contribution in [0, 0.1) is 4.77 Å². The summed E-state index contributed by atoms with van der Waals surface area (Å²) in [5.41, 5.74) is 0.817. The van der Waals surface area contributed by atoms with E-state index in [2.05, 4.69) is 15.2 Å². The summed E-state index contributed by atoms with van der Waals surface area (Å²) in [7, 11) is 5.23. The molecule has 18 heavy (non-hydrogen) atoms. The number of rotatable bonds is 2. The fourth-order valence-electron chi connectivity index (χ4n) is 1.07. The molecule has 2 aromatic heterocycles. The fraction of sp³-hybridized carbons (Fsp3) is 0.273. The smallest absolute Gasteiger partial charge is 0.209 e. The molecule has 0 aromatic carbocycles. The highest BCUT2D eigenvalue weighted by Crippen LogP contribution is 2.11. The van der Waals surface area contributed by atoms with Crippen LogP contribution in [0.3, 0.4) is 0 Å². The highest BCUT2D eigenvalue weighted by molar-refractivity contribution is 7.71. The molecule has 0 bridgehead atoms. The van der Waals surface area contributed by atoms with Gasteiger partial charge >= 0.3 is 0 Å². The largest absolute Gasteiger partial charge is 0.351 e. The molecule has 0 spiro atoms. The van der Waals surface area contributed by atoms with E-state index in [4.69, 9.17) is 12.2 Å². The van der Waals surface area contributed by atoms with Crippen LogP contribution in [0.1, 0.15) is 0 Å². The van der Waals surface area contributed by atoms with Crippen molar-refractivity contribution in [2.24, 2.45) is 7.05 Å². The monoisotopic (exact) mass is 265 g/mol. The van der Waals surface area contributed by atoms with Crippen LogP contribution in [-0.4, -0.2) is 45.2 Å². The number of amides is 1. The van der Waals surface area contributed by atoms with Gasteiger partial charge < -0.3 is 9.47 Å². The van der Waals surface area contributed by atoms with Crippen molar-refractivity contribution in [2.75, 3.05) is 14.1 Å². The molecule has 96 valence electrons. The first-order valence-corrected chi connectivity index (χ1v) is 5.61. The van der Waals surface area contributed by atoms with Gasteiger partial charge in [0.25, 0.3) is 0 Å². The standard InChI is InChI=1S/C8H8N4S.C3H7NO/c1-12-7(10-11-8(12)13)6-4-2-3-5-9-6;1-4(2)3-5/h2-5H,1H3,(H,11,13);3H,1-2H3. The topological polar surface area (TPSA) is 66.8 Å². The second-order valence-electron chi connectivity index (χ2n) is 3.70. The lowest BCUT2D eigenvalue weighted by molar-refractivity contribution is -0.115. The molecule has 1 N–H and O–H groups in total. The van der Waals surface area contributed by atoms with Crippen LogP contribution in [0.5, 0.6) is 0 Å². The quantitative estimate of drug-likeness (QED) is 0.655. The molecule has 6 nitrogen and oxygen atoms in total. The van der Waals surface area contributed by atoms with Crippen molar-refractivity contribution in [3.05, 3.63) is 29.2 Å². The molecule has 7 heteroatoms. The van der Waals surface area contributed by atoms with E-state index in [0.29, 0.717) is 4.77 Å². The average Bonchev–Trinajstić information content (AvgIpc) is 2.72. The Balaban J connectivity index is 0.000000280. The Hall–Kier alpha value is -2.02. The van der Waals surface area contributed by atoms with Gasteiger partial charge in [-0.05, 0) is 24.4 Å². The zero-order valence-corrected chi connectivity index (χ0v) is 11.3. The molecular formula is C11H15N5OS. The van der Waals surface area contributed by atoms with Gasteiger partial charge in [-0.3, -0.25) is 14.9 Å². The first-order chi connectivity index (χ1) is 8.56. The minimum atomic E-state index is 0.598. The van der Waals surface area contributed by atoms with Crippen molar-refractivity contribution < 1.29 is 4.79 Å². The summed E-state index contributed by atoms with van der Waals surface area (Å²) in [6.07, 6.45) is 2.48. The number of carbonyl (C=O) groups excluding carboxylic acids is 1. The lowest BCUT2D eigenvalue weighted by Gasteiger charge is -1.97. The van der Waals surface area contributed by atoms with Crippen molar-refractivity contribution in [1.82, 2.24) is 24.6 Å². The molecule has 0 saturated heterocycles. The maximum absolute atomic E-state index is 9.43. The predicted molar refractivity (Wildman–Crippen MR) is 71.4 cm³/mol. The second-order valence-corrected chi connectivity index (χ2v) is 4.08. The summed E-state index contributed by atoms with van der Waals surface area (Å²) in [5, 5.41) is 6.78. The molecule has 2 aromatic rings. The van der Waals surface area contributed by atoms with Crippen LogP contribution in [0.15, 0.2) is 24.4 Å². The third-order valence-electron chi connectivity index (χ3n) is 1.98. The average molecular weight is 265 g/mol. The first kappa shape index (κ1) is 14.0. The number of aromatic nitrogens is 4. The van der Waals surface area contributed by atoms with Crippen LogP contribution in [0.2, 0.25) is 0 Å². The maximum Gasteiger partial charge on any atom is 0.209 e. The number of pyridine rings is 1. The van der Waals surface area contributed by atoms with Crippen LogP contribution in [0.4, 0.5) is 0 Å². The van der Waals surface area contributed by atoms with Crippen molar-refractivity contribution in [2.45, 2.75) is 0 Å². The third-order valence-corrected chi connectivity index (χ3v) is 2.35. The summed E-state index contributed by atoms with van der Waals surface area (Å²) in [5.74, 6) is 0.755. The van der Waals surface area contributed by atoms with Gasteiger partial charge in [0, 0.05) is 27.3 Å². The van der Waals surface area contributed by atoms with Crippen LogP contribution >= 0.6 is 12.2 Å². The van der Waals surface area contributed by atoms with E-state index in [-0.39, 0.29) is 0 Å². The van der Waals surface area contributed by atoms with Gasteiger partial charge in [-0.25, -0.2) is 0 Å². The predicted octanol–water partition coefficient (Wildman–Crippen LogP) is 1.24. The minimum absolute atomic E-state index is 0.598. The molecule has 0 fully saturated rings. The van der Waals surface area contributed by atoms with Gasteiger partial charge in [0.05, 0.1) is 0 Å². The Bertz CT molecular complexity index is 546. The lowest BCUT2D eigenvalue weighted by Crippen LogP contribution is -2.06. The molecule has 1 amide bonds. The normalized spacial score (nSPS) is 9.28. The molecule has 0 aliphatic carbocycles. The number of nitrogens with zero attached hydrogens (tertiary/aromatic N) is 4. The van der Waals surface area contributed by atoms with Gasteiger partial charge in [-0.2, -0.15) is 5.10 Å². The third kappa shape index (κ3) is 3.77. The van der Waals surface area contributed by atoms with Crippen LogP contribution < -0.4 is 0 Å². The molecule has 2 heterocycles. The van der Waals surface area contributed by atoms with Gasteiger partial charge in [-0.15, -0.1) is 0 Å². The lowest BCUT2D eigenvalue weighted by atomic mass is 10.3. The Morgan fingerprint density at radius 2 is 2.11 bits per heavy atom. The molecule has 0 aliphatic heterocycles. The fourth-order valence-corrected chi connectivity index (χ4v) is 1.20. The maximum atomic E-state index is 9.43. The van der Waals surface area contributed by atoms with E-state index in [1.54, 1.807) is 24.9 Å². The zero-order chi connectivity index (χ0) is 13.5. The van der Waals surface area contributed by atoms with Crippen molar-refractivity contribution in [3.8, 4) is 11.5 Å². The minimum Gasteiger partial charge on any atom is -0.351 e. The summed E-state index contributed by atoms with van der Waals surface area (Å²) in [4.78, 5) is 15.0. The van der Waals surface area contributed by atoms with E-state index in [1.807, 2.05) is 25.2 Å². The highest BCUT2D eigenvalue weighted by Gasteiger charge is 2.04. The number of H-pyrrole nitrogens is 1. The van der Waals surface area contributed by atoms with Crippen LogP contribution in [0.25, 0.3) is 11.5 Å². The van der Waals surface area contributed by atoms with Gasteiger partial charge in [-0.1, -0.05) is 6.07 Å². The Morgan fingerprint density at radius 3 is 2.50 bits per heavy atom. The molecule has 0 aliphatic rings. The number of aromatic amines is 1. The Morgan fingerprint density at radius 1 is 1.44 bits per heavy atom. The van der Waals surface area contributed by atoms with E-state index >= 15 is 0 Å². The molecule has 0 atom stereocenters. The van der Waals surface area contributed by atoms with Gasteiger partial charge in [0.2, 0.25) is 6.41 Å². The summed E-state index contributed by atoms with van der Waals surface area (Å²) >= 11 is 4.99. The van der Waals surface area contributed by atoms with Crippen molar-refractivity contribution in [3.63, 3.8) is 0 Å². The molecule has 0 radical (unpaired) electrons. The van der Waals surface area contributed by atoms with E-state index in [1.165, 1.54) is 4.90 Å². The number of hydrogen-bond donors (Lipinski definition) is 1. The van der Waals surface area contributed by atoms with Crippen molar-refractivity contribution in [1.29, 1.82) is 0 Å². The second kappa shape index (κ2) is 6.65. The number of carbonyl (C=O) groups is 1. The number of hydrogen-bond acceptors (Lipinski definition) is 4. The van der Waals surface area contributed by atoms with Gasteiger partial charge in [0.15, 0.2) is 10.6 Å². The highest BCUT2D eigenvalue weighted by atomic mass is 32.1. The summed E-state index contributed by atoms with van der Waals surface area (Å²) < 4.78 is 2.39. The molecule has 0 saturated carbocycles. The molecule has 0 unspecified atom stereocenters. The van der Waals surface area contributed by atoms with E-state index in [0.717, 1.165) is 17.9 Å².